The third-order valence-electron chi connectivity index (χ3n) is 4.69. The van der Waals surface area contributed by atoms with Crippen LogP contribution < -0.4 is 19.1 Å². The maximum atomic E-state index is 13.3. The van der Waals surface area contributed by atoms with E-state index in [4.69, 9.17) is 4.74 Å². The number of halogens is 3. The molecule has 0 aliphatic rings. The molecule has 0 heterocycles. The van der Waals surface area contributed by atoms with Gasteiger partial charge in [-0.25, -0.2) is 8.42 Å². The predicted octanol–water partition coefficient (Wildman–Crippen LogP) is 5.06. The third-order valence-corrected chi connectivity index (χ3v) is 6.59. The number of sulfonamides is 1. The van der Waals surface area contributed by atoms with Crippen LogP contribution in [0.1, 0.15) is 17.3 Å². The van der Waals surface area contributed by atoms with E-state index in [1.807, 2.05) is 0 Å². The molecule has 0 saturated carbocycles. The molecule has 0 radical (unpaired) electrons. The summed E-state index contributed by atoms with van der Waals surface area (Å²) >= 11 is 0. The first-order chi connectivity index (χ1) is 16.0. The minimum absolute atomic E-state index is 0.0318. The number of alkyl halides is 3. The predicted molar refractivity (Wildman–Crippen MR) is 121 cm³/mol. The molecule has 180 valence electrons. The number of rotatable bonds is 8. The molecule has 0 aliphatic carbocycles. The van der Waals surface area contributed by atoms with Gasteiger partial charge in [0.05, 0.1) is 23.4 Å². The Kier molecular flexibility index (Phi) is 7.35. The van der Waals surface area contributed by atoms with Gasteiger partial charge < -0.3 is 14.8 Å². The minimum Gasteiger partial charge on any atom is -0.495 e. The number of anilines is 2. The Morgan fingerprint density at radius 3 is 2.21 bits per heavy atom. The highest BCUT2D eigenvalue weighted by Gasteiger charge is 2.31. The van der Waals surface area contributed by atoms with E-state index in [9.17, 15) is 26.4 Å². The van der Waals surface area contributed by atoms with Gasteiger partial charge in [0.1, 0.15) is 11.5 Å². The third kappa shape index (κ3) is 5.79. The number of ether oxygens (including phenoxy) is 2. The maximum absolute atomic E-state index is 13.3. The van der Waals surface area contributed by atoms with Crippen molar-refractivity contribution < 1.29 is 35.9 Å². The molecule has 0 atom stereocenters. The van der Waals surface area contributed by atoms with Gasteiger partial charge in [0.25, 0.3) is 15.9 Å². The van der Waals surface area contributed by atoms with Crippen LogP contribution in [-0.4, -0.2) is 34.3 Å². The van der Waals surface area contributed by atoms with E-state index in [-0.39, 0.29) is 28.4 Å². The van der Waals surface area contributed by atoms with Gasteiger partial charge in [0, 0.05) is 12.1 Å². The van der Waals surface area contributed by atoms with Crippen molar-refractivity contribution in [2.45, 2.75) is 18.2 Å². The van der Waals surface area contributed by atoms with Gasteiger partial charge in [-0.15, -0.1) is 13.2 Å². The van der Waals surface area contributed by atoms with Gasteiger partial charge in [-0.3, -0.25) is 9.10 Å². The van der Waals surface area contributed by atoms with E-state index in [1.165, 1.54) is 29.6 Å². The SMILES string of the molecule is CCN(c1ccccc1)S(=O)(=O)c1ccc(OC)c(NC(=O)c2ccc(OC(F)(F)F)cc2)c1. The van der Waals surface area contributed by atoms with Crippen LogP contribution in [-0.2, 0) is 10.0 Å². The zero-order chi connectivity index (χ0) is 24.9. The second kappa shape index (κ2) is 10.0. The molecule has 3 aromatic carbocycles. The first-order valence-electron chi connectivity index (χ1n) is 9.98. The van der Waals surface area contributed by atoms with Crippen LogP contribution in [0.15, 0.2) is 77.7 Å². The van der Waals surface area contributed by atoms with E-state index in [1.54, 1.807) is 37.3 Å². The van der Waals surface area contributed by atoms with E-state index in [0.29, 0.717) is 5.69 Å². The summed E-state index contributed by atoms with van der Waals surface area (Å²) in [6.07, 6.45) is -4.85. The van der Waals surface area contributed by atoms with Crippen LogP contribution in [0, 0.1) is 0 Å². The number of amides is 1. The highest BCUT2D eigenvalue weighted by molar-refractivity contribution is 7.92. The van der Waals surface area contributed by atoms with E-state index in [0.717, 1.165) is 24.3 Å². The average molecular weight is 494 g/mol. The first kappa shape index (κ1) is 24.9. The Hall–Kier alpha value is -3.73. The summed E-state index contributed by atoms with van der Waals surface area (Å²) < 4.78 is 73.8. The van der Waals surface area contributed by atoms with E-state index in [2.05, 4.69) is 10.1 Å². The Labute approximate surface area is 194 Å². The van der Waals surface area contributed by atoms with E-state index >= 15 is 0 Å². The Bertz CT molecular complexity index is 1250. The summed E-state index contributed by atoms with van der Waals surface area (Å²) in [5.74, 6) is -0.954. The lowest BCUT2D eigenvalue weighted by atomic mass is 10.2. The topological polar surface area (TPSA) is 84.9 Å². The quantitative estimate of drug-likeness (QED) is 0.473. The average Bonchev–Trinajstić information content (AvgIpc) is 2.79. The number of para-hydroxylation sites is 1. The van der Waals surface area contributed by atoms with Crippen LogP contribution in [0.2, 0.25) is 0 Å². The second-order valence-corrected chi connectivity index (χ2v) is 8.76. The molecule has 0 spiro atoms. The molecule has 0 fully saturated rings. The molecule has 0 bridgehead atoms. The number of nitrogens with zero attached hydrogens (tertiary/aromatic N) is 1. The van der Waals surface area contributed by atoms with Crippen LogP contribution >= 0.6 is 0 Å². The highest BCUT2D eigenvalue weighted by atomic mass is 32.2. The Morgan fingerprint density at radius 1 is 1.00 bits per heavy atom. The molecule has 0 aromatic heterocycles. The lowest BCUT2D eigenvalue weighted by Crippen LogP contribution is -2.30. The summed E-state index contributed by atoms with van der Waals surface area (Å²) in [6, 6.07) is 16.9. The maximum Gasteiger partial charge on any atom is 0.573 e. The zero-order valence-corrected chi connectivity index (χ0v) is 19.0. The molecule has 7 nitrogen and oxygen atoms in total. The summed E-state index contributed by atoms with van der Waals surface area (Å²) in [4.78, 5) is 12.6. The number of nitrogens with one attached hydrogen (secondary N) is 1. The Morgan fingerprint density at radius 2 is 1.65 bits per heavy atom. The van der Waals surface area contributed by atoms with Crippen molar-refractivity contribution in [1.29, 1.82) is 0 Å². The van der Waals surface area contributed by atoms with Gasteiger partial charge in [0.15, 0.2) is 0 Å². The fraction of sp³-hybridized carbons (Fsp3) is 0.174. The molecule has 0 unspecified atom stereocenters. The molecule has 3 aromatic rings. The van der Waals surface area contributed by atoms with Crippen molar-refractivity contribution in [1.82, 2.24) is 0 Å². The highest BCUT2D eigenvalue weighted by Crippen LogP contribution is 2.31. The van der Waals surface area contributed by atoms with Crippen LogP contribution in [0.25, 0.3) is 0 Å². The minimum atomic E-state index is -4.85. The van der Waals surface area contributed by atoms with Crippen molar-refractivity contribution in [2.75, 3.05) is 23.3 Å². The van der Waals surface area contributed by atoms with Gasteiger partial charge in [-0.2, -0.15) is 0 Å². The smallest absolute Gasteiger partial charge is 0.495 e. The fourth-order valence-electron chi connectivity index (χ4n) is 3.16. The van der Waals surface area contributed by atoms with Crippen molar-refractivity contribution in [3.63, 3.8) is 0 Å². The molecular weight excluding hydrogens is 473 g/mol. The molecule has 0 aliphatic heterocycles. The van der Waals surface area contributed by atoms with Gasteiger partial charge in [-0.1, -0.05) is 18.2 Å². The van der Waals surface area contributed by atoms with Gasteiger partial charge in [0.2, 0.25) is 0 Å². The number of carbonyl (C=O) groups excluding carboxylic acids is 1. The number of hydrogen-bond acceptors (Lipinski definition) is 5. The summed E-state index contributed by atoms with van der Waals surface area (Å²) in [5.41, 5.74) is 0.588. The molecule has 3 rings (SSSR count). The van der Waals surface area contributed by atoms with Crippen LogP contribution in [0.4, 0.5) is 24.5 Å². The largest absolute Gasteiger partial charge is 0.573 e. The lowest BCUT2D eigenvalue weighted by molar-refractivity contribution is -0.274. The number of carbonyl (C=O) groups is 1. The number of methoxy groups -OCH3 is 1. The Balaban J connectivity index is 1.89. The van der Waals surface area contributed by atoms with Gasteiger partial charge >= 0.3 is 6.36 Å². The second-order valence-electron chi connectivity index (χ2n) is 6.89. The fourth-order valence-corrected chi connectivity index (χ4v) is 4.66. The summed E-state index contributed by atoms with van der Waals surface area (Å²) in [5, 5.41) is 2.54. The lowest BCUT2D eigenvalue weighted by Gasteiger charge is -2.23. The summed E-state index contributed by atoms with van der Waals surface area (Å²) in [6.45, 7) is 1.87. The van der Waals surface area contributed by atoms with Crippen LogP contribution in [0.5, 0.6) is 11.5 Å². The molecular formula is C23H21F3N2O5S. The molecule has 34 heavy (non-hydrogen) atoms. The van der Waals surface area contributed by atoms with E-state index < -0.39 is 28.0 Å². The molecule has 1 amide bonds. The first-order valence-corrected chi connectivity index (χ1v) is 11.4. The molecule has 1 N–H and O–H groups in total. The van der Waals surface area contributed by atoms with Crippen molar-refractivity contribution >= 4 is 27.3 Å². The number of hydrogen-bond donors (Lipinski definition) is 1. The zero-order valence-electron chi connectivity index (χ0n) is 18.2. The summed E-state index contributed by atoms with van der Waals surface area (Å²) in [7, 11) is -2.62. The van der Waals surface area contributed by atoms with Gasteiger partial charge in [-0.05, 0) is 61.5 Å². The molecule has 0 saturated heterocycles. The van der Waals surface area contributed by atoms with Crippen molar-refractivity contribution in [2.24, 2.45) is 0 Å². The van der Waals surface area contributed by atoms with Crippen molar-refractivity contribution in [3.05, 3.63) is 78.4 Å². The standard InChI is InChI=1S/C23H21F3N2O5S/c1-3-28(17-7-5-4-6-8-17)34(30,31)19-13-14-21(32-2)20(15-19)27-22(29)16-9-11-18(12-10-16)33-23(24,25)26/h4-15H,3H2,1-2H3,(H,27,29). The monoisotopic (exact) mass is 494 g/mol. The molecule has 11 heteroatoms. The van der Waals surface area contributed by atoms with Crippen molar-refractivity contribution in [3.8, 4) is 11.5 Å². The van der Waals surface area contributed by atoms with Crippen LogP contribution in [0.3, 0.4) is 0 Å². The normalized spacial score (nSPS) is 11.6. The number of benzene rings is 3.